The van der Waals surface area contributed by atoms with Gasteiger partial charge in [-0.1, -0.05) is 36.4 Å². The molecule has 0 bridgehead atoms. The van der Waals surface area contributed by atoms with Crippen LogP contribution in [-0.2, 0) is 20.8 Å². The molecule has 0 aromatic heterocycles. The Morgan fingerprint density at radius 2 is 1.76 bits per heavy atom. The summed E-state index contributed by atoms with van der Waals surface area (Å²) in [4.78, 5) is 16.2. The molecule has 0 unspecified atom stereocenters. The van der Waals surface area contributed by atoms with E-state index in [2.05, 4.69) is 4.89 Å². The summed E-state index contributed by atoms with van der Waals surface area (Å²) >= 11 is 0. The molecule has 0 spiro atoms. The van der Waals surface area contributed by atoms with E-state index in [0.29, 0.717) is 11.5 Å². The van der Waals surface area contributed by atoms with Crippen molar-refractivity contribution in [2.45, 2.75) is 13.3 Å². The molecular formula is C18H19O6P. The number of para-hydroxylation sites is 2. The van der Waals surface area contributed by atoms with Crippen LogP contribution < -0.4 is 9.47 Å². The second-order valence-corrected chi connectivity index (χ2v) is 5.93. The number of benzene rings is 2. The van der Waals surface area contributed by atoms with Gasteiger partial charge >= 0.3 is 5.97 Å². The molecule has 0 fully saturated rings. The van der Waals surface area contributed by atoms with Gasteiger partial charge in [-0.25, -0.2) is 4.79 Å². The highest BCUT2D eigenvalue weighted by molar-refractivity contribution is 7.34. The van der Waals surface area contributed by atoms with Crippen LogP contribution in [0.25, 0.3) is 0 Å². The zero-order valence-electron chi connectivity index (χ0n) is 14.0. The largest absolute Gasteiger partial charge is 0.496 e. The van der Waals surface area contributed by atoms with E-state index in [9.17, 15) is 9.90 Å². The molecule has 0 aliphatic heterocycles. The Labute approximate surface area is 147 Å². The van der Waals surface area contributed by atoms with Crippen molar-refractivity contribution in [1.82, 2.24) is 0 Å². The van der Waals surface area contributed by atoms with Gasteiger partial charge in [-0.2, -0.15) is 0 Å². The molecule has 0 amide bonds. The third-order valence-corrected chi connectivity index (χ3v) is 3.77. The zero-order chi connectivity index (χ0) is 18.1. The summed E-state index contributed by atoms with van der Waals surface area (Å²) in [6, 6.07) is 14.6. The topological polar surface area (TPSA) is 74.2 Å². The quantitative estimate of drug-likeness (QED) is 0.440. The van der Waals surface area contributed by atoms with E-state index >= 15 is 0 Å². The summed E-state index contributed by atoms with van der Waals surface area (Å²) in [5.74, 6) is 0.566. The molecular weight excluding hydrogens is 343 g/mol. The third kappa shape index (κ3) is 6.19. The maximum absolute atomic E-state index is 11.6. The second-order valence-electron chi connectivity index (χ2n) is 5.08. The Kier molecular flexibility index (Phi) is 7.41. The molecule has 1 N–H and O–H groups in total. The minimum absolute atomic E-state index is 0.0166. The van der Waals surface area contributed by atoms with E-state index in [1.165, 1.54) is 0 Å². The van der Waals surface area contributed by atoms with Crippen LogP contribution in [0.4, 0.5) is 0 Å². The summed E-state index contributed by atoms with van der Waals surface area (Å²) in [6.45, 7) is 1.59. The highest BCUT2D eigenvalue weighted by atomic mass is 31.1. The molecule has 6 nitrogen and oxygen atoms in total. The fourth-order valence-corrected chi connectivity index (χ4v) is 2.48. The third-order valence-electron chi connectivity index (χ3n) is 3.25. The number of ether oxygens (including phenoxy) is 2. The summed E-state index contributed by atoms with van der Waals surface area (Å²) in [5, 5.41) is 9.88. The number of aliphatic hydroxyl groups excluding tert-OH is 1. The fourth-order valence-electron chi connectivity index (χ4n) is 2.03. The summed E-state index contributed by atoms with van der Waals surface area (Å²) in [5.41, 5.74) is 1.70. The molecule has 2 rings (SSSR count). The predicted molar refractivity (Wildman–Crippen MR) is 94.4 cm³/mol. The van der Waals surface area contributed by atoms with Crippen LogP contribution >= 0.6 is 8.43 Å². The van der Waals surface area contributed by atoms with Crippen molar-refractivity contribution in [1.29, 1.82) is 0 Å². The lowest BCUT2D eigenvalue weighted by Gasteiger charge is -2.08. The Morgan fingerprint density at radius 3 is 2.48 bits per heavy atom. The number of carbonyl (C=O) groups excluding carboxylic acids is 1. The van der Waals surface area contributed by atoms with Crippen LogP contribution in [0.3, 0.4) is 0 Å². The SMILES string of the molecule is COc1ccccc1CC(O)=POOC(=O)COc1ccccc1C. The Hall–Kier alpha value is -2.40. The van der Waals surface area contributed by atoms with E-state index in [1.54, 1.807) is 19.2 Å². The van der Waals surface area contributed by atoms with Gasteiger partial charge in [0.1, 0.15) is 25.4 Å². The molecule has 0 aliphatic rings. The normalized spacial score (nSPS) is 11.1. The fraction of sp³-hybridized carbons (Fsp3) is 0.222. The van der Waals surface area contributed by atoms with Crippen LogP contribution in [0.15, 0.2) is 48.5 Å². The van der Waals surface area contributed by atoms with Gasteiger partial charge in [0, 0.05) is 12.0 Å². The van der Waals surface area contributed by atoms with Crippen molar-refractivity contribution >= 4 is 19.9 Å². The van der Waals surface area contributed by atoms with Gasteiger partial charge < -0.3 is 14.6 Å². The molecule has 7 heteroatoms. The number of rotatable bonds is 8. The molecule has 0 aliphatic carbocycles. The number of aryl methyl sites for hydroxylation is 1. The van der Waals surface area contributed by atoms with E-state index in [0.717, 1.165) is 11.1 Å². The van der Waals surface area contributed by atoms with Crippen LogP contribution in [0.5, 0.6) is 11.5 Å². The number of carbonyl (C=O) groups is 1. The highest BCUT2D eigenvalue weighted by Crippen LogP contribution is 2.19. The van der Waals surface area contributed by atoms with Gasteiger partial charge in [0.15, 0.2) is 6.61 Å². The van der Waals surface area contributed by atoms with Crippen LogP contribution in [-0.4, -0.2) is 30.3 Å². The standard InChI is InChI=1S/C18H19O6P/c1-13-7-3-5-9-15(13)22-12-17(19)23-24-25-18(20)11-14-8-4-6-10-16(14)21-2/h3-10,20H,11-12H2,1-2H3. The molecule has 2 aromatic rings. The van der Waals surface area contributed by atoms with Crippen molar-refractivity contribution in [2.75, 3.05) is 13.7 Å². The average Bonchev–Trinajstić information content (AvgIpc) is 2.61. The number of methoxy groups -OCH3 is 1. The first-order valence-electron chi connectivity index (χ1n) is 7.53. The van der Waals surface area contributed by atoms with Gasteiger partial charge in [-0.3, -0.25) is 4.89 Å². The highest BCUT2D eigenvalue weighted by Gasteiger charge is 2.08. The van der Waals surface area contributed by atoms with E-state index in [1.807, 2.05) is 43.3 Å². The van der Waals surface area contributed by atoms with Gasteiger partial charge in [0.05, 0.1) is 7.11 Å². The molecule has 25 heavy (non-hydrogen) atoms. The molecule has 0 heterocycles. The summed E-state index contributed by atoms with van der Waals surface area (Å²) in [7, 11) is 1.59. The van der Waals surface area contributed by atoms with Crippen LogP contribution in [0.1, 0.15) is 11.1 Å². The Morgan fingerprint density at radius 1 is 1.08 bits per heavy atom. The van der Waals surface area contributed by atoms with Crippen LogP contribution in [0, 0.1) is 6.92 Å². The van der Waals surface area contributed by atoms with E-state index < -0.39 is 5.97 Å². The summed E-state index contributed by atoms with van der Waals surface area (Å²) < 4.78 is 15.3. The van der Waals surface area contributed by atoms with E-state index in [4.69, 9.17) is 14.1 Å². The van der Waals surface area contributed by atoms with Gasteiger partial charge in [-0.15, -0.1) is 4.67 Å². The van der Waals surface area contributed by atoms with Crippen molar-refractivity contribution < 1.29 is 28.9 Å². The summed E-state index contributed by atoms with van der Waals surface area (Å²) in [6.07, 6.45) is 0.225. The first-order valence-corrected chi connectivity index (χ1v) is 8.34. The van der Waals surface area contributed by atoms with Crippen molar-refractivity contribution in [2.24, 2.45) is 0 Å². The second kappa shape index (κ2) is 9.79. The minimum atomic E-state index is -0.694. The van der Waals surface area contributed by atoms with Crippen molar-refractivity contribution in [3.63, 3.8) is 0 Å². The van der Waals surface area contributed by atoms with Crippen molar-refractivity contribution in [3.05, 3.63) is 59.7 Å². The molecule has 2 aromatic carbocycles. The molecule has 0 atom stereocenters. The predicted octanol–water partition coefficient (Wildman–Crippen LogP) is 3.46. The van der Waals surface area contributed by atoms with E-state index in [-0.39, 0.29) is 26.9 Å². The van der Waals surface area contributed by atoms with Gasteiger partial charge in [-0.05, 0) is 24.6 Å². The lowest BCUT2D eigenvalue weighted by Crippen LogP contribution is -2.14. The van der Waals surface area contributed by atoms with Gasteiger partial charge in [0.25, 0.3) is 0 Å². The molecule has 0 saturated heterocycles. The smallest absolute Gasteiger partial charge is 0.380 e. The monoisotopic (exact) mass is 362 g/mol. The maximum Gasteiger partial charge on any atom is 0.380 e. The molecule has 132 valence electrons. The lowest BCUT2D eigenvalue weighted by molar-refractivity contribution is -0.209. The molecule has 0 radical (unpaired) electrons. The first-order chi connectivity index (χ1) is 12.1. The zero-order valence-corrected chi connectivity index (χ0v) is 14.9. The number of hydrogen-bond acceptors (Lipinski definition) is 5. The molecule has 0 saturated carbocycles. The van der Waals surface area contributed by atoms with Gasteiger partial charge in [0.2, 0.25) is 0 Å². The lowest BCUT2D eigenvalue weighted by atomic mass is 10.1. The maximum atomic E-state index is 11.6. The average molecular weight is 362 g/mol. The Bertz CT molecular complexity index is 744. The van der Waals surface area contributed by atoms with Crippen molar-refractivity contribution in [3.8, 4) is 11.5 Å². The first kappa shape index (κ1) is 18.9. The minimum Gasteiger partial charge on any atom is -0.496 e. The number of hydrogen-bond donors (Lipinski definition) is 1. The Balaban J connectivity index is 1.77. The van der Waals surface area contributed by atoms with Crippen LogP contribution in [0.2, 0.25) is 0 Å². The number of aliphatic hydroxyl groups is 1.